The Labute approximate surface area is 208 Å². The number of carboxylic acids is 1. The summed E-state index contributed by atoms with van der Waals surface area (Å²) in [5, 5.41) is 21.1. The van der Waals surface area contributed by atoms with Gasteiger partial charge in [0.2, 0.25) is 5.91 Å². The van der Waals surface area contributed by atoms with Gasteiger partial charge in [-0.05, 0) is 12.8 Å². The van der Waals surface area contributed by atoms with E-state index in [0.717, 1.165) is 19.3 Å². The van der Waals surface area contributed by atoms with Crippen molar-refractivity contribution < 1.29 is 47.8 Å². The maximum absolute atomic E-state index is 11.9. The molecule has 0 aliphatic carbocycles. The second kappa shape index (κ2) is 20.7. The number of esters is 1. The molecule has 0 heterocycles. The average molecular weight is 526 g/mol. The number of aliphatic hydroxyl groups is 1. The summed E-state index contributed by atoms with van der Waals surface area (Å²) in [6.45, 7) is 2.05. The summed E-state index contributed by atoms with van der Waals surface area (Å²) in [6.07, 6.45) is 10.9. The monoisotopic (exact) mass is 525 g/mol. The second-order valence-corrected chi connectivity index (χ2v) is 9.99. The third kappa shape index (κ3) is 20.4. The summed E-state index contributed by atoms with van der Waals surface area (Å²) in [5.41, 5.74) is 0. The minimum absolute atomic E-state index is 0.0984. The van der Waals surface area contributed by atoms with Gasteiger partial charge in [-0.3, -0.25) is 18.6 Å². The second-order valence-electron chi connectivity index (χ2n) is 8.54. The third-order valence-electron chi connectivity index (χ3n) is 5.12. The van der Waals surface area contributed by atoms with Crippen LogP contribution < -0.4 is 5.32 Å². The number of amides is 1. The highest BCUT2D eigenvalue weighted by Crippen LogP contribution is 2.43. The highest BCUT2D eigenvalue weighted by molar-refractivity contribution is 7.47. The molecule has 35 heavy (non-hydrogen) atoms. The van der Waals surface area contributed by atoms with Gasteiger partial charge in [0.25, 0.3) is 0 Å². The molecule has 0 spiro atoms. The van der Waals surface area contributed by atoms with Crippen molar-refractivity contribution in [1.82, 2.24) is 5.32 Å². The molecule has 0 rings (SSSR count). The van der Waals surface area contributed by atoms with Crippen molar-refractivity contribution in [3.8, 4) is 0 Å². The van der Waals surface area contributed by atoms with Gasteiger partial charge in [-0.25, -0.2) is 9.36 Å². The van der Waals surface area contributed by atoms with Crippen molar-refractivity contribution in [2.75, 3.05) is 19.8 Å². The third-order valence-corrected chi connectivity index (χ3v) is 6.07. The topological polar surface area (TPSA) is 169 Å². The van der Waals surface area contributed by atoms with Gasteiger partial charge < -0.3 is 25.2 Å². The Kier molecular flexibility index (Phi) is 19.8. The van der Waals surface area contributed by atoms with Gasteiger partial charge in [-0.15, -0.1) is 0 Å². The number of unbranched alkanes of at least 4 members (excludes halogenated alkanes) is 9. The molecule has 3 atom stereocenters. The molecule has 3 unspecified atom stereocenters. The maximum Gasteiger partial charge on any atom is 0.472 e. The first kappa shape index (κ1) is 33.5. The zero-order valence-electron chi connectivity index (χ0n) is 21.1. The Morgan fingerprint density at radius 1 is 0.800 bits per heavy atom. The summed E-state index contributed by atoms with van der Waals surface area (Å²) >= 11 is 0. The molecular weight excluding hydrogens is 481 g/mol. The minimum atomic E-state index is -4.70. The highest BCUT2D eigenvalue weighted by atomic mass is 31.2. The van der Waals surface area contributed by atoms with Crippen LogP contribution in [0.25, 0.3) is 0 Å². The van der Waals surface area contributed by atoms with Gasteiger partial charge in [0.05, 0.1) is 13.2 Å². The van der Waals surface area contributed by atoms with Gasteiger partial charge in [-0.2, -0.15) is 0 Å². The van der Waals surface area contributed by atoms with Crippen molar-refractivity contribution in [1.29, 1.82) is 0 Å². The van der Waals surface area contributed by atoms with E-state index >= 15 is 0 Å². The van der Waals surface area contributed by atoms with E-state index in [9.17, 15) is 28.9 Å². The fraction of sp³-hybridized carbons (Fsp3) is 0.870. The van der Waals surface area contributed by atoms with Crippen LogP contribution in [0.3, 0.4) is 0 Å². The predicted molar refractivity (Wildman–Crippen MR) is 130 cm³/mol. The van der Waals surface area contributed by atoms with Gasteiger partial charge >= 0.3 is 19.8 Å². The first-order valence-electron chi connectivity index (χ1n) is 12.6. The van der Waals surface area contributed by atoms with Crippen LogP contribution in [0.1, 0.15) is 97.3 Å². The summed E-state index contributed by atoms with van der Waals surface area (Å²) in [5.74, 6) is -2.45. The highest BCUT2D eigenvalue weighted by Gasteiger charge is 2.28. The number of hydrogen-bond donors (Lipinski definition) is 4. The van der Waals surface area contributed by atoms with E-state index in [4.69, 9.17) is 9.84 Å². The Morgan fingerprint density at radius 3 is 1.89 bits per heavy atom. The van der Waals surface area contributed by atoms with Crippen LogP contribution in [0.5, 0.6) is 0 Å². The number of aliphatic hydroxyl groups excluding tert-OH is 1. The van der Waals surface area contributed by atoms with Gasteiger partial charge in [-0.1, -0.05) is 71.6 Å². The van der Waals surface area contributed by atoms with Crippen molar-refractivity contribution in [2.24, 2.45) is 0 Å². The maximum atomic E-state index is 11.9. The Hall–Kier alpha value is -1.52. The molecule has 0 bridgehead atoms. The standard InChI is InChI=1S/C23H44NO10P/c1-3-5-6-7-8-9-10-11-12-13-15-22(27)32-16-19(25)17-33-35(30,31)34-18-20(23(28)29)24-21(26)14-4-2/h19-20,25H,3-18H2,1-2H3,(H,24,26)(H,28,29)(H,30,31). The van der Waals surface area contributed by atoms with E-state index in [1.807, 2.05) is 0 Å². The van der Waals surface area contributed by atoms with Gasteiger partial charge in [0, 0.05) is 12.8 Å². The Balaban J connectivity index is 3.97. The molecule has 0 radical (unpaired) electrons. The van der Waals surface area contributed by atoms with Crippen LogP contribution in [0.4, 0.5) is 0 Å². The fourth-order valence-electron chi connectivity index (χ4n) is 3.12. The van der Waals surface area contributed by atoms with Crippen LogP contribution >= 0.6 is 7.82 Å². The van der Waals surface area contributed by atoms with Crippen molar-refractivity contribution >= 4 is 25.7 Å². The SMILES string of the molecule is CCCCCCCCCCCCC(=O)OCC(O)COP(=O)(O)OCC(NC(=O)CCC)C(=O)O. The zero-order chi connectivity index (χ0) is 26.5. The average Bonchev–Trinajstić information content (AvgIpc) is 2.80. The number of carbonyl (C=O) groups excluding carboxylic acids is 2. The molecule has 0 aromatic carbocycles. The molecule has 4 N–H and O–H groups in total. The van der Waals surface area contributed by atoms with E-state index in [1.165, 1.54) is 38.5 Å². The fourth-order valence-corrected chi connectivity index (χ4v) is 3.89. The van der Waals surface area contributed by atoms with E-state index in [-0.39, 0.29) is 12.8 Å². The number of carbonyl (C=O) groups is 3. The van der Waals surface area contributed by atoms with Crippen LogP contribution in [0, 0.1) is 0 Å². The summed E-state index contributed by atoms with van der Waals surface area (Å²) < 4.78 is 26.1. The molecular formula is C23H44NO10P. The molecule has 0 saturated carbocycles. The molecule has 11 nitrogen and oxygen atoms in total. The van der Waals surface area contributed by atoms with Crippen molar-refractivity contribution in [3.63, 3.8) is 0 Å². The number of phosphoric acid groups is 1. The molecule has 0 fully saturated rings. The predicted octanol–water partition coefficient (Wildman–Crippen LogP) is 3.70. The smallest absolute Gasteiger partial charge is 0.472 e. The Bertz CT molecular complexity index is 646. The molecule has 0 aromatic heterocycles. The van der Waals surface area contributed by atoms with Gasteiger partial charge in [0.15, 0.2) is 6.04 Å². The quantitative estimate of drug-likeness (QED) is 0.0876. The lowest BCUT2D eigenvalue weighted by Crippen LogP contribution is -2.43. The molecule has 0 aliphatic heterocycles. The van der Waals surface area contributed by atoms with Crippen molar-refractivity contribution in [2.45, 2.75) is 109 Å². The number of nitrogens with one attached hydrogen (secondary N) is 1. The van der Waals surface area contributed by atoms with Crippen LogP contribution in [-0.2, 0) is 32.7 Å². The summed E-state index contributed by atoms with van der Waals surface area (Å²) in [7, 11) is -4.70. The minimum Gasteiger partial charge on any atom is -0.480 e. The molecule has 0 aliphatic rings. The molecule has 0 saturated heterocycles. The molecule has 12 heteroatoms. The number of rotatable bonds is 23. The lowest BCUT2D eigenvalue weighted by Gasteiger charge is -2.18. The van der Waals surface area contributed by atoms with Crippen LogP contribution in [-0.4, -0.2) is 64.9 Å². The first-order valence-corrected chi connectivity index (χ1v) is 14.1. The number of carboxylic acid groups (broad SMARTS) is 1. The van der Waals surface area contributed by atoms with E-state index in [2.05, 4.69) is 21.3 Å². The lowest BCUT2D eigenvalue weighted by atomic mass is 10.1. The summed E-state index contributed by atoms with van der Waals surface area (Å²) in [6, 6.07) is -1.53. The van der Waals surface area contributed by atoms with Gasteiger partial charge in [0.1, 0.15) is 12.7 Å². The number of hydrogen-bond acceptors (Lipinski definition) is 8. The first-order chi connectivity index (χ1) is 16.6. The summed E-state index contributed by atoms with van der Waals surface area (Å²) in [4.78, 5) is 44.1. The van der Waals surface area contributed by atoms with Crippen LogP contribution in [0.2, 0.25) is 0 Å². The largest absolute Gasteiger partial charge is 0.480 e. The van der Waals surface area contributed by atoms with Crippen molar-refractivity contribution in [3.05, 3.63) is 0 Å². The lowest BCUT2D eigenvalue weighted by molar-refractivity contribution is -0.147. The normalized spacial score (nSPS) is 14.6. The molecule has 0 aromatic rings. The van der Waals surface area contributed by atoms with Crippen LogP contribution in [0.15, 0.2) is 0 Å². The number of aliphatic carboxylic acids is 1. The zero-order valence-corrected chi connectivity index (χ0v) is 22.0. The van der Waals surface area contributed by atoms with E-state index < -0.39 is 57.6 Å². The molecule has 1 amide bonds. The van der Waals surface area contributed by atoms with E-state index in [1.54, 1.807) is 6.92 Å². The Morgan fingerprint density at radius 2 is 1.34 bits per heavy atom. The number of phosphoric ester groups is 1. The number of ether oxygens (including phenoxy) is 1. The van der Waals surface area contributed by atoms with E-state index in [0.29, 0.717) is 12.8 Å². The molecule has 206 valence electrons.